The third kappa shape index (κ3) is 3.29. The molecule has 1 amide bonds. The van der Waals surface area contributed by atoms with Gasteiger partial charge in [0.2, 0.25) is 0 Å². The standard InChI is InChI=1S/C13H14FN3OS/c1-8(13-16-4-5-19-13)7-17-12(18)10-6-9(15)2-3-11(10)14/h2-6,8H,7,15H2,1H3,(H,17,18). The number of nitrogens with one attached hydrogen (secondary N) is 1. The Morgan fingerprint density at radius 2 is 2.37 bits per heavy atom. The average molecular weight is 279 g/mol. The summed E-state index contributed by atoms with van der Waals surface area (Å²) in [7, 11) is 0. The smallest absolute Gasteiger partial charge is 0.254 e. The Morgan fingerprint density at radius 1 is 1.58 bits per heavy atom. The van der Waals surface area contributed by atoms with E-state index in [0.717, 1.165) is 5.01 Å². The molecule has 1 atom stereocenters. The normalized spacial score (nSPS) is 12.1. The molecular weight excluding hydrogens is 265 g/mol. The molecule has 0 saturated heterocycles. The highest BCUT2D eigenvalue weighted by molar-refractivity contribution is 7.09. The molecule has 0 aliphatic rings. The van der Waals surface area contributed by atoms with Gasteiger partial charge in [0.15, 0.2) is 0 Å². The maximum atomic E-state index is 13.5. The second-order valence-electron chi connectivity index (χ2n) is 4.22. The number of hydrogen-bond acceptors (Lipinski definition) is 4. The van der Waals surface area contributed by atoms with Gasteiger partial charge in [0, 0.05) is 29.7 Å². The summed E-state index contributed by atoms with van der Waals surface area (Å²) in [4.78, 5) is 16.0. The molecule has 1 unspecified atom stereocenters. The van der Waals surface area contributed by atoms with Crippen molar-refractivity contribution in [2.45, 2.75) is 12.8 Å². The second-order valence-corrected chi connectivity index (χ2v) is 5.15. The molecule has 0 aliphatic heterocycles. The highest BCUT2D eigenvalue weighted by Crippen LogP contribution is 2.17. The van der Waals surface area contributed by atoms with E-state index < -0.39 is 11.7 Å². The number of nitrogens with zero attached hydrogens (tertiary/aromatic N) is 1. The van der Waals surface area contributed by atoms with E-state index in [4.69, 9.17) is 5.73 Å². The Balaban J connectivity index is 2.00. The van der Waals surface area contributed by atoms with Crippen molar-refractivity contribution >= 4 is 22.9 Å². The van der Waals surface area contributed by atoms with Crippen molar-refractivity contribution in [2.24, 2.45) is 0 Å². The number of thiazole rings is 1. The number of nitrogens with two attached hydrogens (primary N) is 1. The number of carbonyl (C=O) groups excluding carboxylic acids is 1. The van der Waals surface area contributed by atoms with E-state index in [1.807, 2.05) is 12.3 Å². The number of halogens is 1. The monoisotopic (exact) mass is 279 g/mol. The third-order valence-corrected chi connectivity index (χ3v) is 3.68. The molecule has 0 fully saturated rings. The molecule has 2 rings (SSSR count). The maximum Gasteiger partial charge on any atom is 0.254 e. The molecule has 3 N–H and O–H groups in total. The van der Waals surface area contributed by atoms with Gasteiger partial charge in [0.1, 0.15) is 5.82 Å². The van der Waals surface area contributed by atoms with Gasteiger partial charge in [0.25, 0.3) is 5.91 Å². The van der Waals surface area contributed by atoms with Crippen molar-refractivity contribution in [3.8, 4) is 0 Å². The van der Waals surface area contributed by atoms with E-state index >= 15 is 0 Å². The van der Waals surface area contributed by atoms with E-state index in [1.54, 1.807) is 6.20 Å². The topological polar surface area (TPSA) is 68.0 Å². The fourth-order valence-corrected chi connectivity index (χ4v) is 2.32. The first-order valence-corrected chi connectivity index (χ1v) is 6.68. The average Bonchev–Trinajstić information content (AvgIpc) is 2.92. The van der Waals surface area contributed by atoms with Crippen LogP contribution in [0.25, 0.3) is 0 Å². The van der Waals surface area contributed by atoms with Crippen LogP contribution in [0, 0.1) is 5.82 Å². The van der Waals surface area contributed by atoms with Crippen LogP contribution < -0.4 is 11.1 Å². The Kier molecular flexibility index (Phi) is 4.11. The summed E-state index contributed by atoms with van der Waals surface area (Å²) in [5, 5.41) is 5.51. The summed E-state index contributed by atoms with van der Waals surface area (Å²) < 4.78 is 13.5. The number of benzene rings is 1. The Hall–Kier alpha value is -1.95. The van der Waals surface area contributed by atoms with Crippen LogP contribution in [0.3, 0.4) is 0 Å². The number of anilines is 1. The van der Waals surface area contributed by atoms with E-state index in [9.17, 15) is 9.18 Å². The molecular formula is C13H14FN3OS. The number of rotatable bonds is 4. The molecule has 1 aromatic heterocycles. The summed E-state index contributed by atoms with van der Waals surface area (Å²) in [6, 6.07) is 3.94. The van der Waals surface area contributed by atoms with Gasteiger partial charge >= 0.3 is 0 Å². The number of aromatic nitrogens is 1. The van der Waals surface area contributed by atoms with Crippen LogP contribution in [0.15, 0.2) is 29.8 Å². The number of hydrogen-bond donors (Lipinski definition) is 2. The van der Waals surface area contributed by atoms with Crippen molar-refractivity contribution < 1.29 is 9.18 Å². The minimum atomic E-state index is -0.575. The Morgan fingerprint density at radius 3 is 3.05 bits per heavy atom. The van der Waals surface area contributed by atoms with Crippen molar-refractivity contribution in [1.82, 2.24) is 10.3 Å². The van der Waals surface area contributed by atoms with Gasteiger partial charge in [-0.1, -0.05) is 6.92 Å². The van der Waals surface area contributed by atoms with Crippen LogP contribution >= 0.6 is 11.3 Å². The number of amides is 1. The van der Waals surface area contributed by atoms with Crippen LogP contribution in [0.5, 0.6) is 0 Å². The van der Waals surface area contributed by atoms with Crippen LogP contribution in [0.4, 0.5) is 10.1 Å². The van der Waals surface area contributed by atoms with Crippen LogP contribution in [-0.4, -0.2) is 17.4 Å². The van der Waals surface area contributed by atoms with Crippen LogP contribution in [-0.2, 0) is 0 Å². The Labute approximate surface area is 114 Å². The molecule has 4 nitrogen and oxygen atoms in total. The molecule has 100 valence electrons. The van der Waals surface area contributed by atoms with Crippen LogP contribution in [0.1, 0.15) is 28.2 Å². The molecule has 6 heteroatoms. The second kappa shape index (κ2) is 5.79. The fraction of sp³-hybridized carbons (Fsp3) is 0.231. The summed E-state index contributed by atoms with van der Waals surface area (Å²) in [5.41, 5.74) is 5.87. The molecule has 0 saturated carbocycles. The highest BCUT2D eigenvalue weighted by Gasteiger charge is 2.14. The van der Waals surface area contributed by atoms with Gasteiger partial charge in [-0.15, -0.1) is 11.3 Å². The van der Waals surface area contributed by atoms with Gasteiger partial charge in [-0.3, -0.25) is 4.79 Å². The molecule has 0 radical (unpaired) electrons. The van der Waals surface area contributed by atoms with Crippen LogP contribution in [0.2, 0.25) is 0 Å². The van der Waals surface area contributed by atoms with E-state index in [-0.39, 0.29) is 11.5 Å². The lowest BCUT2D eigenvalue weighted by atomic mass is 10.1. The first-order chi connectivity index (χ1) is 9.08. The molecule has 2 aromatic rings. The summed E-state index contributed by atoms with van der Waals surface area (Å²) in [6.45, 7) is 2.36. The quantitative estimate of drug-likeness (QED) is 0.844. The summed E-state index contributed by atoms with van der Waals surface area (Å²) >= 11 is 1.53. The maximum absolute atomic E-state index is 13.5. The first-order valence-electron chi connectivity index (χ1n) is 5.80. The highest BCUT2D eigenvalue weighted by atomic mass is 32.1. The van der Waals surface area contributed by atoms with Gasteiger partial charge < -0.3 is 11.1 Å². The summed E-state index contributed by atoms with van der Waals surface area (Å²) in [6.07, 6.45) is 1.72. The van der Waals surface area contributed by atoms with Gasteiger partial charge in [0.05, 0.1) is 10.6 Å². The first kappa shape index (κ1) is 13.5. The van der Waals surface area contributed by atoms with Crippen molar-refractivity contribution in [1.29, 1.82) is 0 Å². The summed E-state index contributed by atoms with van der Waals surface area (Å²) in [5.74, 6) is -0.949. The molecule has 0 aliphatic carbocycles. The van der Waals surface area contributed by atoms with Crippen molar-refractivity contribution in [3.05, 3.63) is 46.2 Å². The zero-order chi connectivity index (χ0) is 13.8. The lowest BCUT2D eigenvalue weighted by Gasteiger charge is -2.10. The van der Waals surface area contributed by atoms with Crippen molar-refractivity contribution in [2.75, 3.05) is 12.3 Å². The van der Waals surface area contributed by atoms with Gasteiger partial charge in [-0.05, 0) is 18.2 Å². The predicted molar refractivity (Wildman–Crippen MR) is 73.7 cm³/mol. The fourth-order valence-electron chi connectivity index (χ4n) is 1.62. The molecule has 1 aromatic carbocycles. The zero-order valence-corrected chi connectivity index (χ0v) is 11.2. The van der Waals surface area contributed by atoms with E-state index in [1.165, 1.54) is 29.5 Å². The molecule has 0 bridgehead atoms. The predicted octanol–water partition coefficient (Wildman–Crippen LogP) is 2.40. The zero-order valence-electron chi connectivity index (χ0n) is 10.4. The minimum absolute atomic E-state index is 0.0358. The largest absolute Gasteiger partial charge is 0.399 e. The van der Waals surface area contributed by atoms with E-state index in [2.05, 4.69) is 10.3 Å². The lowest BCUT2D eigenvalue weighted by Crippen LogP contribution is -2.28. The SMILES string of the molecule is CC(CNC(=O)c1cc(N)ccc1F)c1nccs1. The molecule has 19 heavy (non-hydrogen) atoms. The Bertz CT molecular complexity index is 571. The van der Waals surface area contributed by atoms with Gasteiger partial charge in [-0.2, -0.15) is 0 Å². The third-order valence-electron chi connectivity index (χ3n) is 2.68. The lowest BCUT2D eigenvalue weighted by molar-refractivity contribution is 0.0947. The molecule has 0 spiro atoms. The molecule has 1 heterocycles. The van der Waals surface area contributed by atoms with E-state index in [0.29, 0.717) is 12.2 Å². The minimum Gasteiger partial charge on any atom is -0.399 e. The number of nitrogen functional groups attached to an aromatic ring is 1. The van der Waals surface area contributed by atoms with Crippen molar-refractivity contribution in [3.63, 3.8) is 0 Å². The number of carbonyl (C=O) groups is 1. The van der Waals surface area contributed by atoms with Gasteiger partial charge in [-0.25, -0.2) is 9.37 Å².